The van der Waals surface area contributed by atoms with Crippen LogP contribution in [-0.4, -0.2) is 39.6 Å². The van der Waals surface area contributed by atoms with Gasteiger partial charge in [-0.15, -0.1) is 0 Å². The molecule has 0 saturated carbocycles. The van der Waals surface area contributed by atoms with E-state index in [0.717, 1.165) is 27.6 Å². The topological polar surface area (TPSA) is 63.1 Å². The van der Waals surface area contributed by atoms with Crippen LogP contribution in [0.2, 0.25) is 0 Å². The highest BCUT2D eigenvalue weighted by atomic mass is 16.2. The number of aryl methyl sites for hydroxylation is 1. The Morgan fingerprint density at radius 3 is 2.80 bits per heavy atom. The van der Waals surface area contributed by atoms with E-state index in [-0.39, 0.29) is 6.03 Å². The zero-order valence-corrected chi connectivity index (χ0v) is 11.6. The highest BCUT2D eigenvalue weighted by molar-refractivity contribution is 6.12. The van der Waals surface area contributed by atoms with E-state index in [9.17, 15) is 4.79 Å². The third kappa shape index (κ3) is 1.85. The summed E-state index contributed by atoms with van der Waals surface area (Å²) >= 11 is 0. The maximum Gasteiger partial charge on any atom is 0.321 e. The molecule has 6 heteroatoms. The summed E-state index contributed by atoms with van der Waals surface area (Å²) in [6.07, 6.45) is 3.44. The minimum Gasteiger partial charge on any atom is -0.334 e. The molecule has 0 atom stereocenters. The Morgan fingerprint density at radius 1 is 1.25 bits per heavy atom. The van der Waals surface area contributed by atoms with Gasteiger partial charge >= 0.3 is 6.03 Å². The van der Waals surface area contributed by atoms with Crippen LogP contribution in [0.25, 0.3) is 21.9 Å². The molecule has 0 aliphatic rings. The molecule has 0 bridgehead atoms. The van der Waals surface area contributed by atoms with E-state index < -0.39 is 0 Å². The van der Waals surface area contributed by atoms with Gasteiger partial charge in [-0.2, -0.15) is 0 Å². The van der Waals surface area contributed by atoms with Gasteiger partial charge in [0.05, 0.1) is 34.0 Å². The zero-order valence-electron chi connectivity index (χ0n) is 11.6. The lowest BCUT2D eigenvalue weighted by molar-refractivity contribution is 0.231. The van der Waals surface area contributed by atoms with Crippen molar-refractivity contribution >= 4 is 33.7 Å². The fraction of sp³-hybridized carbons (Fsp3) is 0.214. The van der Waals surface area contributed by atoms with E-state index in [2.05, 4.69) is 15.3 Å². The molecule has 0 spiro atoms. The lowest BCUT2D eigenvalue weighted by Gasteiger charge is -2.13. The first-order valence-corrected chi connectivity index (χ1v) is 6.25. The molecule has 3 rings (SSSR count). The van der Waals surface area contributed by atoms with Crippen LogP contribution in [0.4, 0.5) is 10.5 Å². The van der Waals surface area contributed by atoms with Crippen molar-refractivity contribution in [2.24, 2.45) is 7.05 Å². The van der Waals surface area contributed by atoms with Crippen molar-refractivity contribution in [3.05, 3.63) is 30.7 Å². The second-order valence-corrected chi connectivity index (χ2v) is 4.87. The minimum absolute atomic E-state index is 0.176. The first kappa shape index (κ1) is 12.4. The van der Waals surface area contributed by atoms with Crippen molar-refractivity contribution in [3.8, 4) is 0 Å². The summed E-state index contributed by atoms with van der Waals surface area (Å²) in [6, 6.07) is 5.53. The average Bonchev–Trinajstić information content (AvgIpc) is 2.80. The predicted molar refractivity (Wildman–Crippen MR) is 78.7 cm³/mol. The van der Waals surface area contributed by atoms with Gasteiger partial charge < -0.3 is 14.8 Å². The number of urea groups is 1. The predicted octanol–water partition coefficient (Wildman–Crippen LogP) is 2.21. The Kier molecular flexibility index (Phi) is 2.78. The lowest BCUT2D eigenvalue weighted by Crippen LogP contribution is -2.27. The fourth-order valence-corrected chi connectivity index (χ4v) is 2.17. The first-order chi connectivity index (χ1) is 9.58. The quantitative estimate of drug-likeness (QED) is 0.736. The standard InChI is InChI=1S/C14H15N5O/c1-18(2)14(20)17-10-6-7-15-9-4-5-11-13(12(9)10)16-8-19(11)3/h4-8H,1-3H3,(H,15,17,20). The summed E-state index contributed by atoms with van der Waals surface area (Å²) in [5.74, 6) is 0. The van der Waals surface area contributed by atoms with Crippen LogP contribution < -0.4 is 5.32 Å². The molecule has 0 unspecified atom stereocenters. The summed E-state index contributed by atoms with van der Waals surface area (Å²) in [7, 11) is 5.35. The molecule has 1 aromatic carbocycles. The highest BCUT2D eigenvalue weighted by Gasteiger charge is 2.12. The monoisotopic (exact) mass is 269 g/mol. The van der Waals surface area contributed by atoms with Crippen molar-refractivity contribution in [1.29, 1.82) is 0 Å². The number of benzene rings is 1. The summed E-state index contributed by atoms with van der Waals surface area (Å²) in [4.78, 5) is 22.1. The van der Waals surface area contributed by atoms with Gasteiger partial charge in [0, 0.05) is 27.3 Å². The SMILES string of the molecule is CN(C)C(=O)Nc1ccnc2ccc3c(ncn3C)c12. The Hall–Kier alpha value is -2.63. The first-order valence-electron chi connectivity index (χ1n) is 6.25. The molecular formula is C14H15N5O. The molecule has 0 radical (unpaired) electrons. The average molecular weight is 269 g/mol. The molecule has 2 heterocycles. The van der Waals surface area contributed by atoms with Crippen LogP contribution in [0.15, 0.2) is 30.7 Å². The second-order valence-electron chi connectivity index (χ2n) is 4.87. The largest absolute Gasteiger partial charge is 0.334 e. The molecule has 2 aromatic heterocycles. The van der Waals surface area contributed by atoms with E-state index in [1.165, 1.54) is 4.90 Å². The molecule has 1 N–H and O–H groups in total. The maximum absolute atomic E-state index is 11.9. The van der Waals surface area contributed by atoms with Crippen molar-refractivity contribution in [2.45, 2.75) is 0 Å². The number of imidazole rings is 1. The number of carbonyl (C=O) groups is 1. The van der Waals surface area contributed by atoms with Gasteiger partial charge in [-0.1, -0.05) is 0 Å². The van der Waals surface area contributed by atoms with Gasteiger partial charge in [-0.05, 0) is 18.2 Å². The van der Waals surface area contributed by atoms with Gasteiger partial charge in [-0.3, -0.25) is 4.98 Å². The smallest absolute Gasteiger partial charge is 0.321 e. The summed E-state index contributed by atoms with van der Waals surface area (Å²) < 4.78 is 1.94. The number of hydrogen-bond donors (Lipinski definition) is 1. The van der Waals surface area contributed by atoms with E-state index in [1.54, 1.807) is 32.7 Å². The second kappa shape index (κ2) is 4.48. The summed E-state index contributed by atoms with van der Waals surface area (Å²) in [6.45, 7) is 0. The third-order valence-electron chi connectivity index (χ3n) is 3.25. The number of anilines is 1. The van der Waals surface area contributed by atoms with Crippen molar-refractivity contribution in [3.63, 3.8) is 0 Å². The Labute approximate surface area is 116 Å². The number of nitrogens with one attached hydrogen (secondary N) is 1. The molecule has 2 amide bonds. The van der Waals surface area contributed by atoms with Gasteiger partial charge in [0.15, 0.2) is 0 Å². The van der Waals surface area contributed by atoms with E-state index in [0.29, 0.717) is 0 Å². The molecule has 0 aliphatic heterocycles. The van der Waals surface area contributed by atoms with E-state index in [1.807, 2.05) is 23.7 Å². The van der Waals surface area contributed by atoms with Crippen LogP contribution >= 0.6 is 0 Å². The molecule has 20 heavy (non-hydrogen) atoms. The molecule has 6 nitrogen and oxygen atoms in total. The van der Waals surface area contributed by atoms with Gasteiger partial charge in [0.2, 0.25) is 0 Å². The van der Waals surface area contributed by atoms with Crippen molar-refractivity contribution in [1.82, 2.24) is 19.4 Å². The van der Waals surface area contributed by atoms with Gasteiger partial charge in [0.1, 0.15) is 0 Å². The van der Waals surface area contributed by atoms with Crippen LogP contribution in [0.5, 0.6) is 0 Å². The number of aromatic nitrogens is 3. The lowest BCUT2D eigenvalue weighted by atomic mass is 10.1. The molecule has 102 valence electrons. The van der Waals surface area contributed by atoms with Crippen LogP contribution in [0.3, 0.4) is 0 Å². The van der Waals surface area contributed by atoms with Crippen molar-refractivity contribution in [2.75, 3.05) is 19.4 Å². The fourth-order valence-electron chi connectivity index (χ4n) is 2.17. The molecule has 0 saturated heterocycles. The Bertz CT molecular complexity index is 806. The summed E-state index contributed by atoms with van der Waals surface area (Å²) in [5, 5.41) is 3.75. The zero-order chi connectivity index (χ0) is 14.3. The molecule has 0 fully saturated rings. The van der Waals surface area contributed by atoms with Gasteiger partial charge in [0.25, 0.3) is 0 Å². The van der Waals surface area contributed by atoms with Gasteiger partial charge in [-0.25, -0.2) is 9.78 Å². The van der Waals surface area contributed by atoms with E-state index >= 15 is 0 Å². The number of fused-ring (bicyclic) bond motifs is 3. The highest BCUT2D eigenvalue weighted by Crippen LogP contribution is 2.29. The Morgan fingerprint density at radius 2 is 2.05 bits per heavy atom. The Balaban J connectivity index is 2.26. The number of nitrogens with zero attached hydrogens (tertiary/aromatic N) is 4. The normalized spacial score (nSPS) is 10.9. The number of rotatable bonds is 1. The van der Waals surface area contributed by atoms with Crippen LogP contribution in [0.1, 0.15) is 0 Å². The number of carbonyl (C=O) groups excluding carboxylic acids is 1. The molecule has 0 aliphatic carbocycles. The maximum atomic E-state index is 11.9. The number of amides is 2. The number of hydrogen-bond acceptors (Lipinski definition) is 3. The molecular weight excluding hydrogens is 254 g/mol. The minimum atomic E-state index is -0.176. The third-order valence-corrected chi connectivity index (χ3v) is 3.25. The number of pyridine rings is 1. The molecule has 3 aromatic rings. The summed E-state index contributed by atoms with van der Waals surface area (Å²) in [5.41, 5.74) is 3.38. The van der Waals surface area contributed by atoms with Crippen LogP contribution in [-0.2, 0) is 7.05 Å². The van der Waals surface area contributed by atoms with E-state index in [4.69, 9.17) is 0 Å². The van der Waals surface area contributed by atoms with Crippen molar-refractivity contribution < 1.29 is 4.79 Å². The van der Waals surface area contributed by atoms with Crippen LogP contribution in [0, 0.1) is 0 Å².